The van der Waals surface area contributed by atoms with E-state index in [1.165, 1.54) is 11.5 Å². The lowest BCUT2D eigenvalue weighted by Crippen LogP contribution is -2.45. The fourth-order valence-corrected chi connectivity index (χ4v) is 2.71. The average molecular weight is 265 g/mol. The van der Waals surface area contributed by atoms with Gasteiger partial charge in [0.05, 0.1) is 11.6 Å². The van der Waals surface area contributed by atoms with Crippen LogP contribution in [0.4, 0.5) is 13.2 Å². The van der Waals surface area contributed by atoms with E-state index in [9.17, 15) is 13.2 Å². The van der Waals surface area contributed by atoms with Crippen molar-refractivity contribution in [1.82, 2.24) is 14.9 Å². The first-order valence-corrected chi connectivity index (χ1v) is 6.47. The fourth-order valence-electron chi connectivity index (χ4n) is 2.26. The first-order chi connectivity index (χ1) is 8.07. The molecule has 1 aromatic heterocycles. The number of hydrogen-bond acceptors (Lipinski definition) is 4. The Kier molecular flexibility index (Phi) is 3.98. The molecule has 96 valence electrons. The third-order valence-electron chi connectivity index (χ3n) is 3.14. The Morgan fingerprint density at radius 2 is 2.12 bits per heavy atom. The third kappa shape index (κ3) is 3.38. The Labute approximate surface area is 102 Å². The number of nitrogens with zero attached hydrogens (tertiary/aromatic N) is 2. The molecule has 1 fully saturated rings. The van der Waals surface area contributed by atoms with Crippen LogP contribution in [-0.4, -0.2) is 21.8 Å². The van der Waals surface area contributed by atoms with Gasteiger partial charge < -0.3 is 5.32 Å². The van der Waals surface area contributed by atoms with E-state index >= 15 is 0 Å². The van der Waals surface area contributed by atoms with Gasteiger partial charge in [0.2, 0.25) is 0 Å². The van der Waals surface area contributed by atoms with Crippen LogP contribution in [0, 0.1) is 5.92 Å². The normalized spacial score (nSPS) is 26.1. The molecule has 0 aromatic carbocycles. The summed E-state index contributed by atoms with van der Waals surface area (Å²) in [5.41, 5.74) is 0.710. The van der Waals surface area contributed by atoms with Crippen LogP contribution in [-0.2, 0) is 6.54 Å². The molecular weight excluding hydrogens is 251 g/mol. The molecule has 2 atom stereocenters. The lowest BCUT2D eigenvalue weighted by molar-refractivity contribution is -0.189. The van der Waals surface area contributed by atoms with Crippen LogP contribution in [0.3, 0.4) is 0 Å². The Morgan fingerprint density at radius 1 is 1.35 bits per heavy atom. The molecular formula is C10H14F3N3S. The van der Waals surface area contributed by atoms with E-state index in [1.807, 2.05) is 0 Å². The van der Waals surface area contributed by atoms with Crippen LogP contribution in [0.25, 0.3) is 0 Å². The predicted octanol–water partition coefficient (Wildman–Crippen LogP) is 2.75. The van der Waals surface area contributed by atoms with Crippen molar-refractivity contribution in [3.8, 4) is 0 Å². The van der Waals surface area contributed by atoms with Gasteiger partial charge in [-0.05, 0) is 24.4 Å². The van der Waals surface area contributed by atoms with Gasteiger partial charge in [-0.25, -0.2) is 0 Å². The summed E-state index contributed by atoms with van der Waals surface area (Å²) in [4.78, 5) is 0. The van der Waals surface area contributed by atoms with Crippen molar-refractivity contribution in [2.45, 2.75) is 44.4 Å². The summed E-state index contributed by atoms with van der Waals surface area (Å²) in [5, 5.41) is 8.53. The van der Waals surface area contributed by atoms with Gasteiger partial charge in [0.25, 0.3) is 0 Å². The summed E-state index contributed by atoms with van der Waals surface area (Å²) >= 11 is 1.21. The Hall–Kier alpha value is -0.690. The van der Waals surface area contributed by atoms with Crippen LogP contribution in [0.15, 0.2) is 5.38 Å². The highest BCUT2D eigenvalue weighted by atomic mass is 32.1. The lowest BCUT2D eigenvalue weighted by atomic mass is 9.84. The van der Waals surface area contributed by atoms with Gasteiger partial charge in [0.1, 0.15) is 0 Å². The molecule has 3 nitrogen and oxygen atoms in total. The van der Waals surface area contributed by atoms with Gasteiger partial charge in [0, 0.05) is 18.0 Å². The lowest BCUT2D eigenvalue weighted by Gasteiger charge is -2.33. The number of nitrogens with one attached hydrogen (secondary N) is 1. The van der Waals surface area contributed by atoms with Gasteiger partial charge in [0.15, 0.2) is 0 Å². The zero-order chi connectivity index (χ0) is 12.3. The summed E-state index contributed by atoms with van der Waals surface area (Å²) < 4.78 is 42.1. The maximum atomic E-state index is 12.8. The second kappa shape index (κ2) is 5.30. The van der Waals surface area contributed by atoms with Crippen LogP contribution < -0.4 is 5.32 Å². The molecule has 1 heterocycles. The molecule has 1 saturated carbocycles. The van der Waals surface area contributed by atoms with Crippen molar-refractivity contribution in [3.05, 3.63) is 11.1 Å². The van der Waals surface area contributed by atoms with E-state index in [2.05, 4.69) is 14.9 Å². The Bertz CT molecular complexity index is 339. The number of halogens is 3. The van der Waals surface area contributed by atoms with Crippen molar-refractivity contribution in [1.29, 1.82) is 0 Å². The molecule has 17 heavy (non-hydrogen) atoms. The van der Waals surface area contributed by atoms with Gasteiger partial charge in [-0.1, -0.05) is 17.3 Å². The van der Waals surface area contributed by atoms with Crippen molar-refractivity contribution in [3.63, 3.8) is 0 Å². The van der Waals surface area contributed by atoms with Crippen LogP contribution in [0.5, 0.6) is 0 Å². The molecule has 0 bridgehead atoms. The first kappa shape index (κ1) is 12.8. The van der Waals surface area contributed by atoms with Gasteiger partial charge in [-0.2, -0.15) is 13.2 Å². The maximum absolute atomic E-state index is 12.8. The van der Waals surface area contributed by atoms with Crippen LogP contribution in [0.2, 0.25) is 0 Å². The molecule has 0 amide bonds. The quantitative estimate of drug-likeness (QED) is 0.913. The highest BCUT2D eigenvalue weighted by molar-refractivity contribution is 7.03. The highest BCUT2D eigenvalue weighted by Gasteiger charge is 2.45. The molecule has 1 aliphatic rings. The number of rotatable bonds is 3. The van der Waals surface area contributed by atoms with Crippen molar-refractivity contribution in [2.75, 3.05) is 0 Å². The van der Waals surface area contributed by atoms with Gasteiger partial charge >= 0.3 is 6.18 Å². The number of alkyl halides is 3. The summed E-state index contributed by atoms with van der Waals surface area (Å²) in [6.45, 7) is 0.369. The van der Waals surface area contributed by atoms with E-state index in [4.69, 9.17) is 0 Å². The molecule has 0 saturated heterocycles. The minimum absolute atomic E-state index is 0.233. The smallest absolute Gasteiger partial charge is 0.308 e. The highest BCUT2D eigenvalue weighted by Crippen LogP contribution is 2.37. The molecule has 0 spiro atoms. The van der Waals surface area contributed by atoms with E-state index in [1.54, 1.807) is 5.38 Å². The summed E-state index contributed by atoms with van der Waals surface area (Å²) in [6.07, 6.45) is -1.75. The van der Waals surface area contributed by atoms with Crippen molar-refractivity contribution in [2.24, 2.45) is 5.92 Å². The largest absolute Gasteiger partial charge is 0.393 e. The Morgan fingerprint density at radius 3 is 2.76 bits per heavy atom. The molecule has 1 N–H and O–H groups in total. The number of aromatic nitrogens is 2. The molecule has 2 rings (SSSR count). The van der Waals surface area contributed by atoms with Crippen molar-refractivity contribution >= 4 is 11.5 Å². The summed E-state index contributed by atoms with van der Waals surface area (Å²) in [7, 11) is 0. The minimum Gasteiger partial charge on any atom is -0.308 e. The van der Waals surface area contributed by atoms with E-state index in [0.717, 1.165) is 6.42 Å². The van der Waals surface area contributed by atoms with Crippen LogP contribution in [0.1, 0.15) is 31.4 Å². The second-order valence-corrected chi connectivity index (χ2v) is 4.93. The molecule has 0 aliphatic heterocycles. The zero-order valence-electron chi connectivity index (χ0n) is 9.20. The monoisotopic (exact) mass is 265 g/mol. The second-order valence-electron chi connectivity index (χ2n) is 4.32. The first-order valence-electron chi connectivity index (χ1n) is 5.63. The maximum Gasteiger partial charge on any atom is 0.393 e. The average Bonchev–Trinajstić information content (AvgIpc) is 2.78. The molecule has 1 aromatic rings. The molecule has 1 aliphatic carbocycles. The Balaban J connectivity index is 1.92. The number of hydrogen-bond donors (Lipinski definition) is 1. The molecule has 7 heteroatoms. The standard InChI is InChI=1S/C10H14F3N3S/c11-10(12,13)8-3-1-2-4-9(8)14-5-7-6-17-16-15-7/h6,8-9,14H,1-5H2. The van der Waals surface area contributed by atoms with Gasteiger partial charge in [-0.15, -0.1) is 5.10 Å². The summed E-state index contributed by atoms with van der Waals surface area (Å²) in [5.74, 6) is -1.22. The predicted molar refractivity (Wildman–Crippen MR) is 58.5 cm³/mol. The topological polar surface area (TPSA) is 37.8 Å². The zero-order valence-corrected chi connectivity index (χ0v) is 10.0. The van der Waals surface area contributed by atoms with Gasteiger partial charge in [-0.3, -0.25) is 0 Å². The minimum atomic E-state index is -4.10. The SMILES string of the molecule is FC(F)(F)C1CCCCC1NCc1csnn1. The van der Waals surface area contributed by atoms with Crippen molar-refractivity contribution < 1.29 is 13.2 Å². The van der Waals surface area contributed by atoms with E-state index < -0.39 is 18.1 Å². The molecule has 0 radical (unpaired) electrons. The van der Waals surface area contributed by atoms with E-state index in [-0.39, 0.29) is 6.42 Å². The third-order valence-corrected chi connectivity index (χ3v) is 3.69. The fraction of sp³-hybridized carbons (Fsp3) is 0.800. The summed E-state index contributed by atoms with van der Waals surface area (Å²) in [6, 6.07) is -0.481. The molecule has 2 unspecified atom stereocenters. The van der Waals surface area contributed by atoms with E-state index in [0.29, 0.717) is 25.1 Å². The van der Waals surface area contributed by atoms with Crippen LogP contribution >= 0.6 is 11.5 Å².